The maximum Gasteiger partial charge on any atom is 0.0401 e. The van der Waals surface area contributed by atoms with Crippen molar-refractivity contribution in [3.63, 3.8) is 0 Å². The van der Waals surface area contributed by atoms with Gasteiger partial charge >= 0.3 is 0 Å². The lowest BCUT2D eigenvalue weighted by molar-refractivity contribution is -0.0206. The fourth-order valence-electron chi connectivity index (χ4n) is 5.39. The molecule has 2 heteroatoms. The van der Waals surface area contributed by atoms with Crippen LogP contribution in [0.4, 0.5) is 0 Å². The van der Waals surface area contributed by atoms with Gasteiger partial charge < -0.3 is 5.32 Å². The van der Waals surface area contributed by atoms with Gasteiger partial charge in [-0.25, -0.2) is 0 Å². The number of pyridine rings is 1. The number of hydrogen-bond donors (Lipinski definition) is 1. The Balaban J connectivity index is 1.43. The van der Waals surface area contributed by atoms with Crippen LogP contribution in [0.15, 0.2) is 18.3 Å². The summed E-state index contributed by atoms with van der Waals surface area (Å²) in [5, 5.41) is 3.94. The summed E-state index contributed by atoms with van der Waals surface area (Å²) < 4.78 is 0. The molecule has 0 aromatic carbocycles. The Hall–Kier alpha value is -0.890. The molecule has 108 valence electrons. The lowest BCUT2D eigenvalue weighted by Crippen LogP contribution is -2.58. The molecule has 1 aromatic heterocycles. The highest BCUT2D eigenvalue weighted by atomic mass is 15.0. The molecular weight excluding hydrogens is 244 g/mol. The van der Waals surface area contributed by atoms with Crippen molar-refractivity contribution in [2.75, 3.05) is 0 Å². The molecule has 4 fully saturated rings. The topological polar surface area (TPSA) is 24.9 Å². The minimum Gasteiger partial charge on any atom is -0.307 e. The first kappa shape index (κ1) is 12.8. The van der Waals surface area contributed by atoms with Crippen molar-refractivity contribution in [1.29, 1.82) is 0 Å². The van der Waals surface area contributed by atoms with Crippen LogP contribution >= 0.6 is 0 Å². The molecule has 2 nitrogen and oxygen atoms in total. The molecule has 4 aliphatic carbocycles. The van der Waals surface area contributed by atoms with Crippen LogP contribution in [0.2, 0.25) is 0 Å². The summed E-state index contributed by atoms with van der Waals surface area (Å²) in [4.78, 5) is 4.52. The van der Waals surface area contributed by atoms with Gasteiger partial charge in [0.15, 0.2) is 0 Å². The first-order valence-corrected chi connectivity index (χ1v) is 8.43. The van der Waals surface area contributed by atoms with Gasteiger partial charge in [-0.1, -0.05) is 13.0 Å². The number of aromatic nitrogens is 1. The lowest BCUT2D eigenvalue weighted by atomic mass is 9.53. The summed E-state index contributed by atoms with van der Waals surface area (Å²) in [6.45, 7) is 3.17. The van der Waals surface area contributed by atoms with Gasteiger partial charge in [-0.05, 0) is 74.3 Å². The van der Waals surface area contributed by atoms with Crippen molar-refractivity contribution in [2.45, 2.75) is 64.0 Å². The molecule has 1 heterocycles. The number of aryl methyl sites for hydroxylation is 1. The first-order valence-electron chi connectivity index (χ1n) is 8.43. The van der Waals surface area contributed by atoms with Crippen molar-refractivity contribution in [1.82, 2.24) is 10.3 Å². The zero-order chi connectivity index (χ0) is 13.6. The van der Waals surface area contributed by atoms with Crippen LogP contribution in [0.3, 0.4) is 0 Å². The van der Waals surface area contributed by atoms with Gasteiger partial charge in [-0.3, -0.25) is 4.98 Å². The minimum absolute atomic E-state index is 0.470. The standard InChI is InChI=1S/C18H26N2/c1-2-17-4-3-13(11-19-17)12-20-18-8-14-5-15(9-18)7-16(6-14)10-18/h3-4,11,14-16,20H,2,5-10,12H2,1H3. The highest BCUT2D eigenvalue weighted by Crippen LogP contribution is 2.55. The normalized spacial score (nSPS) is 38.4. The number of rotatable bonds is 4. The fourth-order valence-corrected chi connectivity index (χ4v) is 5.39. The Morgan fingerprint density at radius 1 is 1.10 bits per heavy atom. The quantitative estimate of drug-likeness (QED) is 0.902. The predicted molar refractivity (Wildman–Crippen MR) is 81.4 cm³/mol. The van der Waals surface area contributed by atoms with E-state index in [1.165, 1.54) is 49.8 Å². The van der Waals surface area contributed by atoms with Gasteiger partial charge in [0, 0.05) is 24.0 Å². The molecule has 5 rings (SSSR count). The first-order chi connectivity index (χ1) is 9.75. The predicted octanol–water partition coefficient (Wildman–Crippen LogP) is 3.70. The van der Waals surface area contributed by atoms with Crippen molar-refractivity contribution < 1.29 is 0 Å². The van der Waals surface area contributed by atoms with Gasteiger partial charge in [0.1, 0.15) is 0 Å². The number of nitrogens with zero attached hydrogens (tertiary/aromatic N) is 1. The molecule has 0 saturated heterocycles. The zero-order valence-corrected chi connectivity index (χ0v) is 12.6. The van der Waals surface area contributed by atoms with E-state index in [1.54, 1.807) is 0 Å². The molecule has 1 aromatic rings. The third-order valence-electron chi connectivity index (χ3n) is 5.95. The number of hydrogen-bond acceptors (Lipinski definition) is 2. The fraction of sp³-hybridized carbons (Fsp3) is 0.722. The average molecular weight is 270 g/mol. The summed E-state index contributed by atoms with van der Waals surface area (Å²) in [5.41, 5.74) is 3.01. The third kappa shape index (κ3) is 2.28. The second-order valence-electron chi connectivity index (χ2n) is 7.56. The highest BCUT2D eigenvalue weighted by Gasteiger charge is 2.50. The Kier molecular flexibility index (Phi) is 3.10. The molecule has 0 spiro atoms. The van der Waals surface area contributed by atoms with E-state index in [0.29, 0.717) is 5.54 Å². The highest BCUT2D eigenvalue weighted by molar-refractivity contribution is 5.15. The molecule has 0 unspecified atom stereocenters. The summed E-state index contributed by atoms with van der Waals surface area (Å²) in [6, 6.07) is 4.43. The van der Waals surface area contributed by atoms with Gasteiger partial charge in [0.2, 0.25) is 0 Å². The van der Waals surface area contributed by atoms with E-state index in [0.717, 1.165) is 30.7 Å². The summed E-state index contributed by atoms with van der Waals surface area (Å²) >= 11 is 0. The maximum absolute atomic E-state index is 4.52. The molecule has 4 bridgehead atoms. The second kappa shape index (κ2) is 4.84. The number of nitrogens with one attached hydrogen (secondary N) is 1. The van der Waals surface area contributed by atoms with Crippen LogP contribution in [-0.4, -0.2) is 10.5 Å². The smallest absolute Gasteiger partial charge is 0.0401 e. The lowest BCUT2D eigenvalue weighted by Gasteiger charge is -2.57. The van der Waals surface area contributed by atoms with E-state index in [1.807, 2.05) is 0 Å². The SMILES string of the molecule is CCc1ccc(CNC23CC4CC(CC(C4)C2)C3)cn1. The molecule has 0 radical (unpaired) electrons. The van der Waals surface area contributed by atoms with Crippen LogP contribution in [0.5, 0.6) is 0 Å². The van der Waals surface area contributed by atoms with E-state index in [-0.39, 0.29) is 0 Å². The van der Waals surface area contributed by atoms with E-state index in [9.17, 15) is 0 Å². The van der Waals surface area contributed by atoms with Crippen LogP contribution in [0.25, 0.3) is 0 Å². The summed E-state index contributed by atoms with van der Waals surface area (Å²) in [7, 11) is 0. The molecular formula is C18H26N2. The van der Waals surface area contributed by atoms with Gasteiger partial charge in [0.05, 0.1) is 0 Å². The molecule has 0 aliphatic heterocycles. The summed E-state index contributed by atoms with van der Waals surface area (Å²) in [5.74, 6) is 3.07. The van der Waals surface area contributed by atoms with Crippen molar-refractivity contribution in [2.24, 2.45) is 17.8 Å². The molecule has 1 N–H and O–H groups in total. The summed E-state index contributed by atoms with van der Waals surface area (Å²) in [6.07, 6.45) is 11.9. The Morgan fingerprint density at radius 3 is 2.25 bits per heavy atom. The van der Waals surface area contributed by atoms with Gasteiger partial charge in [-0.15, -0.1) is 0 Å². The van der Waals surface area contributed by atoms with Gasteiger partial charge in [-0.2, -0.15) is 0 Å². The van der Waals surface area contributed by atoms with Crippen LogP contribution < -0.4 is 5.32 Å². The van der Waals surface area contributed by atoms with Crippen molar-refractivity contribution >= 4 is 0 Å². The van der Waals surface area contributed by atoms with E-state index in [4.69, 9.17) is 0 Å². The molecule has 0 amide bonds. The Morgan fingerprint density at radius 2 is 1.75 bits per heavy atom. The van der Waals surface area contributed by atoms with Crippen molar-refractivity contribution in [3.8, 4) is 0 Å². The Bertz CT molecular complexity index is 441. The molecule has 4 saturated carbocycles. The average Bonchev–Trinajstić information content (AvgIpc) is 2.44. The second-order valence-corrected chi connectivity index (χ2v) is 7.56. The van der Waals surface area contributed by atoms with Crippen LogP contribution in [-0.2, 0) is 13.0 Å². The maximum atomic E-state index is 4.52. The van der Waals surface area contributed by atoms with E-state index < -0.39 is 0 Å². The van der Waals surface area contributed by atoms with Gasteiger partial charge in [0.25, 0.3) is 0 Å². The molecule has 20 heavy (non-hydrogen) atoms. The monoisotopic (exact) mass is 270 g/mol. The third-order valence-corrected chi connectivity index (χ3v) is 5.95. The minimum atomic E-state index is 0.470. The largest absolute Gasteiger partial charge is 0.307 e. The van der Waals surface area contributed by atoms with E-state index >= 15 is 0 Å². The molecule has 4 aliphatic rings. The zero-order valence-electron chi connectivity index (χ0n) is 12.6. The Labute approximate surface area is 122 Å². The van der Waals surface area contributed by atoms with Crippen LogP contribution in [0.1, 0.15) is 56.7 Å². The van der Waals surface area contributed by atoms with Crippen molar-refractivity contribution in [3.05, 3.63) is 29.6 Å². The van der Waals surface area contributed by atoms with E-state index in [2.05, 4.69) is 35.6 Å². The molecule has 0 atom stereocenters. The van der Waals surface area contributed by atoms with Crippen LogP contribution in [0, 0.1) is 17.8 Å².